The van der Waals surface area contributed by atoms with Gasteiger partial charge in [-0.2, -0.15) is 5.26 Å². The Balaban J connectivity index is 2.63. The Bertz CT molecular complexity index is 418. The number of nitriles is 1. The van der Waals surface area contributed by atoms with Crippen LogP contribution in [0, 0.1) is 11.3 Å². The quantitative estimate of drug-likeness (QED) is 0.838. The SMILES string of the molecule is N#CCCN(CCCO)Cc1ccc(Cl)c(Cl)c1. The molecule has 0 spiro atoms. The van der Waals surface area contributed by atoms with E-state index >= 15 is 0 Å². The van der Waals surface area contributed by atoms with E-state index in [1.54, 1.807) is 6.07 Å². The first-order valence-electron chi connectivity index (χ1n) is 5.81. The van der Waals surface area contributed by atoms with E-state index in [0.717, 1.165) is 12.1 Å². The molecular formula is C13H16Cl2N2O. The van der Waals surface area contributed by atoms with Gasteiger partial charge in [-0.15, -0.1) is 0 Å². The summed E-state index contributed by atoms with van der Waals surface area (Å²) in [6.07, 6.45) is 1.18. The first-order chi connectivity index (χ1) is 8.67. The summed E-state index contributed by atoms with van der Waals surface area (Å²) in [5.74, 6) is 0. The van der Waals surface area contributed by atoms with Crippen LogP contribution in [-0.4, -0.2) is 29.7 Å². The second-order valence-electron chi connectivity index (χ2n) is 4.01. The number of aliphatic hydroxyl groups excluding tert-OH is 1. The second kappa shape index (κ2) is 8.34. The van der Waals surface area contributed by atoms with Crippen molar-refractivity contribution in [2.45, 2.75) is 19.4 Å². The molecule has 98 valence electrons. The molecule has 3 nitrogen and oxygen atoms in total. The highest BCUT2D eigenvalue weighted by Crippen LogP contribution is 2.23. The minimum absolute atomic E-state index is 0.157. The van der Waals surface area contributed by atoms with Crippen LogP contribution in [0.25, 0.3) is 0 Å². The largest absolute Gasteiger partial charge is 0.396 e. The third kappa shape index (κ3) is 5.24. The fourth-order valence-corrected chi connectivity index (χ4v) is 1.99. The molecule has 0 radical (unpaired) electrons. The molecule has 5 heteroatoms. The summed E-state index contributed by atoms with van der Waals surface area (Å²) < 4.78 is 0. The molecule has 0 unspecified atom stereocenters. The van der Waals surface area contributed by atoms with Crippen molar-refractivity contribution in [1.82, 2.24) is 4.90 Å². The van der Waals surface area contributed by atoms with Gasteiger partial charge in [-0.25, -0.2) is 0 Å². The molecule has 0 saturated carbocycles. The first-order valence-corrected chi connectivity index (χ1v) is 6.57. The van der Waals surface area contributed by atoms with Gasteiger partial charge in [-0.1, -0.05) is 29.3 Å². The third-order valence-corrected chi connectivity index (χ3v) is 3.30. The number of nitrogens with zero attached hydrogens (tertiary/aromatic N) is 2. The summed E-state index contributed by atoms with van der Waals surface area (Å²) in [5.41, 5.74) is 1.06. The van der Waals surface area contributed by atoms with Crippen molar-refractivity contribution in [3.8, 4) is 6.07 Å². The Labute approximate surface area is 118 Å². The molecule has 0 saturated heterocycles. The van der Waals surface area contributed by atoms with Crippen LogP contribution in [-0.2, 0) is 6.54 Å². The van der Waals surface area contributed by atoms with E-state index in [2.05, 4.69) is 11.0 Å². The number of hydrogen-bond donors (Lipinski definition) is 1. The lowest BCUT2D eigenvalue weighted by Crippen LogP contribution is -2.26. The maximum Gasteiger partial charge on any atom is 0.0635 e. The van der Waals surface area contributed by atoms with Crippen molar-refractivity contribution in [1.29, 1.82) is 5.26 Å². The van der Waals surface area contributed by atoms with E-state index in [0.29, 0.717) is 36.0 Å². The average molecular weight is 287 g/mol. The van der Waals surface area contributed by atoms with Crippen molar-refractivity contribution >= 4 is 23.2 Å². The molecule has 0 bridgehead atoms. The van der Waals surface area contributed by atoms with E-state index in [9.17, 15) is 0 Å². The summed E-state index contributed by atoms with van der Waals surface area (Å²) in [5, 5.41) is 18.6. The monoisotopic (exact) mass is 286 g/mol. The van der Waals surface area contributed by atoms with Gasteiger partial charge in [0.1, 0.15) is 0 Å². The van der Waals surface area contributed by atoms with Gasteiger partial charge in [-0.05, 0) is 24.1 Å². The Hall–Kier alpha value is -0.790. The normalized spacial score (nSPS) is 10.6. The van der Waals surface area contributed by atoms with Gasteiger partial charge < -0.3 is 5.11 Å². The molecule has 0 aromatic heterocycles. The van der Waals surface area contributed by atoms with Crippen LogP contribution >= 0.6 is 23.2 Å². The highest BCUT2D eigenvalue weighted by molar-refractivity contribution is 6.42. The molecule has 0 amide bonds. The minimum atomic E-state index is 0.157. The third-order valence-electron chi connectivity index (χ3n) is 2.56. The Morgan fingerprint density at radius 2 is 2.00 bits per heavy atom. The van der Waals surface area contributed by atoms with Crippen LogP contribution in [0.15, 0.2) is 18.2 Å². The Morgan fingerprint density at radius 1 is 1.22 bits per heavy atom. The maximum absolute atomic E-state index is 8.86. The lowest BCUT2D eigenvalue weighted by molar-refractivity contribution is 0.221. The number of halogens is 2. The highest BCUT2D eigenvalue weighted by atomic mass is 35.5. The summed E-state index contributed by atoms with van der Waals surface area (Å²) in [6.45, 7) is 2.32. The topological polar surface area (TPSA) is 47.3 Å². The van der Waals surface area contributed by atoms with Crippen LogP contribution < -0.4 is 0 Å². The summed E-state index contributed by atoms with van der Waals surface area (Å²) in [6, 6.07) is 7.66. The van der Waals surface area contributed by atoms with Crippen LogP contribution in [0.5, 0.6) is 0 Å². The molecule has 1 rings (SSSR count). The number of aliphatic hydroxyl groups is 1. The summed E-state index contributed by atoms with van der Waals surface area (Å²) in [7, 11) is 0. The van der Waals surface area contributed by atoms with Gasteiger partial charge in [0.05, 0.1) is 16.1 Å². The zero-order valence-electron chi connectivity index (χ0n) is 10.1. The van der Waals surface area contributed by atoms with Gasteiger partial charge in [0.15, 0.2) is 0 Å². The standard InChI is InChI=1S/C13H16Cl2N2O/c14-12-4-3-11(9-13(12)15)10-17(6-1-5-16)7-2-8-18/h3-4,9,18H,1-2,6-8,10H2. The van der Waals surface area contributed by atoms with Crippen LogP contribution in [0.3, 0.4) is 0 Å². The molecule has 0 aliphatic heterocycles. The van der Waals surface area contributed by atoms with Crippen LogP contribution in [0.2, 0.25) is 10.0 Å². The molecule has 1 aromatic rings. The van der Waals surface area contributed by atoms with Gasteiger partial charge in [0.25, 0.3) is 0 Å². The van der Waals surface area contributed by atoms with E-state index in [4.69, 9.17) is 33.6 Å². The second-order valence-corrected chi connectivity index (χ2v) is 4.82. The molecular weight excluding hydrogens is 271 g/mol. The van der Waals surface area contributed by atoms with Crippen molar-refractivity contribution < 1.29 is 5.11 Å². The predicted octanol–water partition coefficient (Wildman–Crippen LogP) is 3.09. The lowest BCUT2D eigenvalue weighted by Gasteiger charge is -2.21. The fourth-order valence-electron chi connectivity index (χ4n) is 1.67. The molecule has 0 heterocycles. The molecule has 0 aliphatic carbocycles. The smallest absolute Gasteiger partial charge is 0.0635 e. The van der Waals surface area contributed by atoms with Crippen molar-refractivity contribution in [3.63, 3.8) is 0 Å². The van der Waals surface area contributed by atoms with Crippen molar-refractivity contribution in [2.75, 3.05) is 19.7 Å². The van der Waals surface area contributed by atoms with Crippen molar-refractivity contribution in [3.05, 3.63) is 33.8 Å². The number of rotatable bonds is 7. The number of hydrogen-bond acceptors (Lipinski definition) is 3. The molecule has 0 atom stereocenters. The Morgan fingerprint density at radius 3 is 2.61 bits per heavy atom. The minimum Gasteiger partial charge on any atom is -0.396 e. The van der Waals surface area contributed by atoms with Gasteiger partial charge in [-0.3, -0.25) is 4.90 Å². The van der Waals surface area contributed by atoms with E-state index in [1.165, 1.54) is 0 Å². The zero-order chi connectivity index (χ0) is 13.4. The Kier molecular flexibility index (Phi) is 7.07. The molecule has 1 aromatic carbocycles. The number of benzene rings is 1. The molecule has 18 heavy (non-hydrogen) atoms. The van der Waals surface area contributed by atoms with Gasteiger partial charge in [0, 0.05) is 32.7 Å². The first kappa shape index (κ1) is 15.3. The van der Waals surface area contributed by atoms with Gasteiger partial charge >= 0.3 is 0 Å². The van der Waals surface area contributed by atoms with E-state index in [-0.39, 0.29) is 6.61 Å². The van der Waals surface area contributed by atoms with Crippen LogP contribution in [0.4, 0.5) is 0 Å². The fraction of sp³-hybridized carbons (Fsp3) is 0.462. The maximum atomic E-state index is 8.86. The van der Waals surface area contributed by atoms with E-state index in [1.807, 2.05) is 12.1 Å². The molecule has 0 aliphatic rings. The predicted molar refractivity (Wildman–Crippen MR) is 73.7 cm³/mol. The molecule has 1 N–H and O–H groups in total. The van der Waals surface area contributed by atoms with Crippen LogP contribution in [0.1, 0.15) is 18.4 Å². The summed E-state index contributed by atoms with van der Waals surface area (Å²) in [4.78, 5) is 2.12. The lowest BCUT2D eigenvalue weighted by atomic mass is 10.2. The van der Waals surface area contributed by atoms with Crippen molar-refractivity contribution in [2.24, 2.45) is 0 Å². The average Bonchev–Trinajstić information content (AvgIpc) is 2.37. The highest BCUT2D eigenvalue weighted by Gasteiger charge is 2.07. The molecule has 0 fully saturated rings. The van der Waals surface area contributed by atoms with Gasteiger partial charge in [0.2, 0.25) is 0 Å². The summed E-state index contributed by atoms with van der Waals surface area (Å²) >= 11 is 11.8. The van der Waals surface area contributed by atoms with E-state index < -0.39 is 0 Å². The zero-order valence-corrected chi connectivity index (χ0v) is 11.6.